The number of guanidine groups is 1. The molecular weight excluding hydrogens is 316 g/mol. The highest BCUT2D eigenvalue weighted by Gasteiger charge is 2.07. The number of nitrogens with zero attached hydrogens (tertiary/aromatic N) is 1. The van der Waals surface area contributed by atoms with Crippen LogP contribution in [0.3, 0.4) is 0 Å². The van der Waals surface area contributed by atoms with Crippen molar-refractivity contribution < 1.29 is 8.78 Å². The third-order valence-electron chi connectivity index (χ3n) is 3.54. The lowest BCUT2D eigenvalue weighted by molar-refractivity contribution is 0.579. The molecule has 6 heteroatoms. The van der Waals surface area contributed by atoms with Crippen molar-refractivity contribution in [1.29, 1.82) is 0 Å². The Bertz CT molecular complexity index is 621. The van der Waals surface area contributed by atoms with Gasteiger partial charge < -0.3 is 10.6 Å². The van der Waals surface area contributed by atoms with Crippen LogP contribution in [0.1, 0.15) is 24.0 Å². The fourth-order valence-corrected chi connectivity index (χ4v) is 3.01. The van der Waals surface area contributed by atoms with Crippen molar-refractivity contribution >= 4 is 17.3 Å². The SMILES string of the molecule is CN=C(NCCc1cc(F)cc(F)c1)NCC(C)c1ccsc1. The number of hydrogen-bond donors (Lipinski definition) is 2. The van der Waals surface area contributed by atoms with Gasteiger partial charge in [0.15, 0.2) is 5.96 Å². The predicted octanol–water partition coefficient (Wildman–Crippen LogP) is 3.54. The number of halogens is 2. The van der Waals surface area contributed by atoms with Crippen LogP contribution in [0.15, 0.2) is 40.0 Å². The quantitative estimate of drug-likeness (QED) is 0.625. The Labute approximate surface area is 139 Å². The van der Waals surface area contributed by atoms with E-state index < -0.39 is 11.6 Å². The molecule has 0 saturated heterocycles. The fraction of sp³-hybridized carbons (Fsp3) is 0.353. The minimum absolute atomic E-state index is 0.386. The van der Waals surface area contributed by atoms with E-state index in [9.17, 15) is 8.78 Å². The van der Waals surface area contributed by atoms with Crippen molar-refractivity contribution in [3.63, 3.8) is 0 Å². The molecule has 0 spiro atoms. The predicted molar refractivity (Wildman–Crippen MR) is 92.2 cm³/mol. The van der Waals surface area contributed by atoms with E-state index in [0.717, 1.165) is 12.6 Å². The van der Waals surface area contributed by atoms with Gasteiger partial charge >= 0.3 is 0 Å². The minimum Gasteiger partial charge on any atom is -0.356 e. The van der Waals surface area contributed by atoms with Crippen molar-refractivity contribution in [3.8, 4) is 0 Å². The van der Waals surface area contributed by atoms with E-state index in [-0.39, 0.29) is 0 Å². The molecule has 1 heterocycles. The number of nitrogens with one attached hydrogen (secondary N) is 2. The third-order valence-corrected chi connectivity index (χ3v) is 4.24. The molecule has 23 heavy (non-hydrogen) atoms. The second-order valence-corrected chi connectivity index (χ2v) is 6.15. The van der Waals surface area contributed by atoms with Gasteiger partial charge in [-0.25, -0.2) is 8.78 Å². The standard InChI is InChI=1S/C17H21F2N3S/c1-12(14-4-6-23-11-14)10-22-17(20-2)21-5-3-13-7-15(18)9-16(19)8-13/h4,6-9,11-12H,3,5,10H2,1-2H3,(H2,20,21,22). The summed E-state index contributed by atoms with van der Waals surface area (Å²) in [7, 11) is 1.70. The van der Waals surface area contributed by atoms with Crippen LogP contribution in [-0.4, -0.2) is 26.1 Å². The molecule has 0 radical (unpaired) electrons. The van der Waals surface area contributed by atoms with E-state index in [2.05, 4.69) is 39.4 Å². The summed E-state index contributed by atoms with van der Waals surface area (Å²) in [6.45, 7) is 3.47. The minimum atomic E-state index is -0.549. The van der Waals surface area contributed by atoms with Crippen LogP contribution in [-0.2, 0) is 6.42 Å². The van der Waals surface area contributed by atoms with Gasteiger partial charge in [0.05, 0.1) is 0 Å². The first-order valence-electron chi connectivity index (χ1n) is 7.50. The molecule has 0 aliphatic carbocycles. The van der Waals surface area contributed by atoms with Gasteiger partial charge in [-0.05, 0) is 52.4 Å². The van der Waals surface area contributed by atoms with Crippen molar-refractivity contribution in [2.24, 2.45) is 4.99 Å². The van der Waals surface area contributed by atoms with Gasteiger partial charge in [0.1, 0.15) is 11.6 Å². The highest BCUT2D eigenvalue weighted by atomic mass is 32.1. The molecule has 0 fully saturated rings. The topological polar surface area (TPSA) is 36.4 Å². The van der Waals surface area contributed by atoms with Crippen LogP contribution in [0.4, 0.5) is 8.78 Å². The normalized spacial score (nSPS) is 13.0. The zero-order valence-corrected chi connectivity index (χ0v) is 14.1. The van der Waals surface area contributed by atoms with Crippen molar-refractivity contribution in [2.45, 2.75) is 19.3 Å². The average Bonchev–Trinajstić information content (AvgIpc) is 3.03. The largest absolute Gasteiger partial charge is 0.356 e. The number of thiophene rings is 1. The molecule has 1 unspecified atom stereocenters. The van der Waals surface area contributed by atoms with Crippen LogP contribution < -0.4 is 10.6 Å². The van der Waals surface area contributed by atoms with E-state index in [1.165, 1.54) is 17.7 Å². The first-order valence-corrected chi connectivity index (χ1v) is 8.44. The molecular formula is C17H21F2N3S. The van der Waals surface area contributed by atoms with E-state index in [4.69, 9.17) is 0 Å². The number of benzene rings is 1. The molecule has 0 saturated carbocycles. The van der Waals surface area contributed by atoms with Crippen LogP contribution in [0.2, 0.25) is 0 Å². The van der Waals surface area contributed by atoms with Crippen LogP contribution >= 0.6 is 11.3 Å². The Hall–Kier alpha value is -1.95. The van der Waals surface area contributed by atoms with Crippen LogP contribution in [0.25, 0.3) is 0 Å². The van der Waals surface area contributed by atoms with Crippen LogP contribution in [0.5, 0.6) is 0 Å². The summed E-state index contributed by atoms with van der Waals surface area (Å²) in [6, 6.07) is 5.69. The molecule has 2 N–H and O–H groups in total. The van der Waals surface area contributed by atoms with E-state index >= 15 is 0 Å². The zero-order valence-electron chi connectivity index (χ0n) is 13.3. The lowest BCUT2D eigenvalue weighted by Crippen LogP contribution is -2.39. The Kier molecular flexibility index (Phi) is 6.52. The maximum atomic E-state index is 13.1. The lowest BCUT2D eigenvalue weighted by atomic mass is 10.1. The molecule has 2 rings (SSSR count). The van der Waals surface area contributed by atoms with Crippen molar-refractivity contribution in [2.75, 3.05) is 20.1 Å². The van der Waals surface area contributed by atoms with Gasteiger partial charge in [0.2, 0.25) is 0 Å². The molecule has 0 aliphatic rings. The smallest absolute Gasteiger partial charge is 0.191 e. The Morgan fingerprint density at radius 1 is 1.22 bits per heavy atom. The van der Waals surface area contributed by atoms with E-state index in [1.807, 2.05) is 0 Å². The molecule has 0 aliphatic heterocycles. The molecule has 0 amide bonds. The third kappa shape index (κ3) is 5.63. The van der Waals surface area contributed by atoms with Crippen LogP contribution in [0, 0.1) is 11.6 Å². The molecule has 2 aromatic rings. The first-order chi connectivity index (χ1) is 11.1. The molecule has 1 atom stereocenters. The molecule has 3 nitrogen and oxygen atoms in total. The highest BCUT2D eigenvalue weighted by Crippen LogP contribution is 2.16. The summed E-state index contributed by atoms with van der Waals surface area (Å²) in [5.74, 6) is -0.0275. The number of aliphatic imine (C=N–C) groups is 1. The Balaban J connectivity index is 1.76. The number of rotatable bonds is 6. The van der Waals surface area contributed by atoms with Gasteiger partial charge in [-0.2, -0.15) is 11.3 Å². The molecule has 124 valence electrons. The van der Waals surface area contributed by atoms with Gasteiger partial charge in [-0.1, -0.05) is 6.92 Å². The Morgan fingerprint density at radius 3 is 2.57 bits per heavy atom. The lowest BCUT2D eigenvalue weighted by Gasteiger charge is -2.15. The fourth-order valence-electron chi connectivity index (χ4n) is 2.22. The van der Waals surface area contributed by atoms with E-state index in [0.29, 0.717) is 30.4 Å². The molecule has 1 aromatic carbocycles. The summed E-state index contributed by atoms with van der Waals surface area (Å²) in [5, 5.41) is 10.6. The monoisotopic (exact) mass is 337 g/mol. The Morgan fingerprint density at radius 2 is 1.96 bits per heavy atom. The van der Waals surface area contributed by atoms with Gasteiger partial charge in [-0.3, -0.25) is 4.99 Å². The van der Waals surface area contributed by atoms with Gasteiger partial charge in [0.25, 0.3) is 0 Å². The van der Waals surface area contributed by atoms with Crippen molar-refractivity contribution in [1.82, 2.24) is 10.6 Å². The maximum absolute atomic E-state index is 13.1. The summed E-state index contributed by atoms with van der Waals surface area (Å²) in [4.78, 5) is 4.16. The molecule has 0 bridgehead atoms. The second kappa shape index (κ2) is 8.62. The molecule has 1 aromatic heterocycles. The van der Waals surface area contributed by atoms with Gasteiger partial charge in [0, 0.05) is 26.2 Å². The summed E-state index contributed by atoms with van der Waals surface area (Å²) in [6.07, 6.45) is 0.523. The summed E-state index contributed by atoms with van der Waals surface area (Å²) in [5.41, 5.74) is 1.92. The second-order valence-electron chi connectivity index (χ2n) is 5.37. The number of hydrogen-bond acceptors (Lipinski definition) is 2. The first kappa shape index (κ1) is 17.4. The highest BCUT2D eigenvalue weighted by molar-refractivity contribution is 7.07. The summed E-state index contributed by atoms with van der Waals surface area (Å²) < 4.78 is 26.3. The van der Waals surface area contributed by atoms with Gasteiger partial charge in [-0.15, -0.1) is 0 Å². The van der Waals surface area contributed by atoms with E-state index in [1.54, 1.807) is 18.4 Å². The average molecular weight is 337 g/mol. The zero-order chi connectivity index (χ0) is 16.7. The van der Waals surface area contributed by atoms with Crippen molar-refractivity contribution in [3.05, 3.63) is 57.8 Å². The maximum Gasteiger partial charge on any atom is 0.191 e. The summed E-state index contributed by atoms with van der Waals surface area (Å²) >= 11 is 1.69.